The van der Waals surface area contributed by atoms with E-state index < -0.39 is 41.0 Å². The van der Waals surface area contributed by atoms with Crippen LogP contribution in [0.3, 0.4) is 0 Å². The molecule has 0 saturated carbocycles. The number of aliphatic imine (C=N–C) groups is 1. The lowest BCUT2D eigenvalue weighted by molar-refractivity contribution is -0.173. The van der Waals surface area contributed by atoms with Gasteiger partial charge in [0.1, 0.15) is 30.8 Å². The lowest BCUT2D eigenvalue weighted by Crippen LogP contribution is -2.42. The number of carbonyl (C=O) groups excluding carboxylic acids is 1. The Hall–Kier alpha value is -1.59. The summed E-state index contributed by atoms with van der Waals surface area (Å²) >= 11 is 0. The zero-order valence-electron chi connectivity index (χ0n) is 26.2. The van der Waals surface area contributed by atoms with Gasteiger partial charge < -0.3 is 29.5 Å². The maximum atomic E-state index is 13.0. The van der Waals surface area contributed by atoms with Crippen molar-refractivity contribution in [2.45, 2.75) is 75.1 Å². The van der Waals surface area contributed by atoms with Crippen molar-refractivity contribution >= 4 is 61.2 Å². The first kappa shape index (κ1) is 39.6. The van der Waals surface area contributed by atoms with E-state index >= 15 is 0 Å². The second-order valence-electron chi connectivity index (χ2n) is 11.5. The molecule has 1 aliphatic rings. The molecule has 0 radical (unpaired) electrons. The summed E-state index contributed by atoms with van der Waals surface area (Å²) in [4.78, 5) is 34.1. The van der Waals surface area contributed by atoms with Crippen LogP contribution in [0.5, 0.6) is 0 Å². The quantitative estimate of drug-likeness (QED) is 0.0666. The second kappa shape index (κ2) is 18.1. The summed E-state index contributed by atoms with van der Waals surface area (Å²) in [5.74, 6) is 4.52. The number of aromatic nitrogens is 2. The average Bonchev–Trinajstić information content (AvgIpc) is 3.34. The number of aliphatic hydroxyl groups excluding tert-OH is 1. The predicted molar refractivity (Wildman–Crippen MR) is 177 cm³/mol. The number of ether oxygens (including phenoxy) is 3. The van der Waals surface area contributed by atoms with E-state index in [1.54, 1.807) is 54.4 Å². The van der Waals surface area contributed by atoms with Crippen LogP contribution in [0.1, 0.15) is 52.8 Å². The van der Waals surface area contributed by atoms with Gasteiger partial charge >= 0.3 is 17.8 Å². The monoisotopic (exact) mass is 715 g/mol. The minimum atomic E-state index is -4.93. The second-order valence-corrected chi connectivity index (χ2v) is 17.5. The van der Waals surface area contributed by atoms with Gasteiger partial charge in [-0.05, 0) is 13.8 Å². The van der Waals surface area contributed by atoms with Gasteiger partial charge in [0.25, 0.3) is 0 Å². The van der Waals surface area contributed by atoms with Crippen molar-refractivity contribution in [3.63, 3.8) is 0 Å². The van der Waals surface area contributed by atoms with Crippen molar-refractivity contribution in [3.8, 4) is 11.8 Å². The summed E-state index contributed by atoms with van der Waals surface area (Å²) in [7, 11) is 9.32. The van der Waals surface area contributed by atoms with E-state index in [-0.39, 0.29) is 36.3 Å². The maximum absolute atomic E-state index is 13.0. The predicted octanol–water partition coefficient (Wildman–Crippen LogP) is 4.43. The van der Waals surface area contributed by atoms with Gasteiger partial charge in [0.05, 0.1) is 24.6 Å². The van der Waals surface area contributed by atoms with Crippen molar-refractivity contribution in [2.75, 3.05) is 45.7 Å². The van der Waals surface area contributed by atoms with Gasteiger partial charge in [-0.1, -0.05) is 75.8 Å². The average molecular weight is 716 g/mol. The third-order valence-corrected chi connectivity index (χ3v) is 11.4. The van der Waals surface area contributed by atoms with Gasteiger partial charge in [-0.25, -0.2) is 9.79 Å². The Labute approximate surface area is 277 Å². The molecular weight excluding hydrogens is 676 g/mol. The van der Waals surface area contributed by atoms with Gasteiger partial charge in [0.15, 0.2) is 5.82 Å². The van der Waals surface area contributed by atoms with E-state index in [0.29, 0.717) is 17.9 Å². The largest absolute Gasteiger partial charge is 0.471 e. The lowest BCUT2D eigenvalue weighted by atomic mass is 10.2. The Bertz CT molecular complexity index is 1260. The van der Waals surface area contributed by atoms with Crippen LogP contribution in [0.2, 0.25) is 0 Å². The molecule has 2 rings (SSSR count). The van der Waals surface area contributed by atoms with Gasteiger partial charge in [0, 0.05) is 42.8 Å². The summed E-state index contributed by atoms with van der Waals surface area (Å²) in [6.45, 7) is 9.29. The molecule has 254 valence electrons. The zero-order valence-corrected chi connectivity index (χ0v) is 29.4. The molecule has 0 aromatic carbocycles. The Morgan fingerprint density at radius 1 is 1.24 bits per heavy atom. The molecule has 1 unspecified atom stereocenters. The molecular formula is C27H40F3N5O6S4. The number of alkyl halides is 3. The van der Waals surface area contributed by atoms with E-state index in [1.807, 2.05) is 5.32 Å². The van der Waals surface area contributed by atoms with Crippen molar-refractivity contribution in [1.82, 2.24) is 19.8 Å². The molecule has 1 aromatic rings. The Kier molecular flexibility index (Phi) is 15.9. The number of aliphatic hydroxyl groups is 1. The van der Waals surface area contributed by atoms with Crippen LogP contribution in [0.25, 0.3) is 0 Å². The van der Waals surface area contributed by atoms with Crippen LogP contribution in [-0.4, -0.2) is 105 Å². The van der Waals surface area contributed by atoms with Gasteiger partial charge in [-0.15, -0.1) is 0 Å². The van der Waals surface area contributed by atoms with Crippen LogP contribution < -0.4 is 11.0 Å². The summed E-state index contributed by atoms with van der Waals surface area (Å²) < 4.78 is 55.4. The molecule has 2 heterocycles. The maximum Gasteiger partial charge on any atom is 0.471 e. The van der Waals surface area contributed by atoms with E-state index in [1.165, 1.54) is 38.7 Å². The lowest BCUT2D eigenvalue weighted by Gasteiger charge is -2.23. The number of nitrogens with zero attached hydrogens (tertiary/aromatic N) is 4. The first-order chi connectivity index (χ1) is 20.9. The number of amides is 1. The Balaban J connectivity index is 2.04. The molecule has 0 spiro atoms. The van der Waals surface area contributed by atoms with Crippen LogP contribution >= 0.6 is 43.2 Å². The first-order valence-electron chi connectivity index (χ1n) is 13.7. The third-order valence-electron chi connectivity index (χ3n) is 5.40. The number of rotatable bonds is 15. The summed E-state index contributed by atoms with van der Waals surface area (Å²) in [6, 6.07) is 0. The molecule has 2 N–H and O–H groups in total. The highest BCUT2D eigenvalue weighted by Crippen LogP contribution is 2.37. The van der Waals surface area contributed by atoms with Gasteiger partial charge in [-0.2, -0.15) is 18.2 Å². The number of hydrogen-bond acceptors (Lipinski definition) is 12. The molecule has 45 heavy (non-hydrogen) atoms. The van der Waals surface area contributed by atoms with Crippen LogP contribution in [0.15, 0.2) is 16.0 Å². The van der Waals surface area contributed by atoms with E-state index in [4.69, 9.17) is 14.2 Å². The fraction of sp³-hybridized carbons (Fsp3) is 0.704. The number of hydrogen-bond donors (Lipinski definition) is 2. The molecule has 0 bridgehead atoms. The summed E-state index contributed by atoms with van der Waals surface area (Å²) in [5.41, 5.74) is -0.240. The molecule has 18 heteroatoms. The smallest absolute Gasteiger partial charge is 0.394 e. The van der Waals surface area contributed by atoms with E-state index in [9.17, 15) is 27.9 Å². The molecule has 1 fully saturated rings. The molecule has 1 saturated heterocycles. The van der Waals surface area contributed by atoms with Gasteiger partial charge in [0.2, 0.25) is 0 Å². The number of halogens is 3. The fourth-order valence-electron chi connectivity index (χ4n) is 3.41. The molecule has 0 aliphatic carbocycles. The SMILES string of the molecule is CN(C)/C=N/c1nc(=O)n([C@H]2CC(OCSSC(C)(C)C)[C@@H](CO)O2)cc1C#CCOCSSC(C)(C)CNC(=O)C(F)(F)F. The molecule has 3 atom stereocenters. The molecule has 11 nitrogen and oxygen atoms in total. The number of nitrogens with one attached hydrogen (secondary N) is 1. The highest BCUT2D eigenvalue weighted by atomic mass is 33.1. The van der Waals surface area contributed by atoms with E-state index in [0.717, 1.165) is 0 Å². The first-order valence-corrected chi connectivity index (χ1v) is 18.3. The topological polar surface area (TPSA) is 128 Å². The highest BCUT2D eigenvalue weighted by Gasteiger charge is 2.39. The van der Waals surface area contributed by atoms with Crippen molar-refractivity contribution in [3.05, 3.63) is 22.2 Å². The van der Waals surface area contributed by atoms with Crippen LogP contribution in [0.4, 0.5) is 19.0 Å². The van der Waals surface area contributed by atoms with E-state index in [2.05, 4.69) is 42.6 Å². The van der Waals surface area contributed by atoms with Crippen molar-refractivity contribution in [1.29, 1.82) is 0 Å². The standard InChI is InChI=1S/C27H40F3N5O6S4/c1-25(2,3)44-43-17-40-19-11-21(41-20(19)13-36)35-12-18(22(33-24(35)38)32-15-34(6)7)9-8-10-39-16-42-45-26(4,5)14-31-23(37)27(28,29)30/h12,15,19-21,36H,10-11,13-14,16-17H2,1-7H3,(H,31,37)/b32-15+/t19?,20-,21-/m1/s1. The third kappa shape index (κ3) is 14.8. The minimum Gasteiger partial charge on any atom is -0.394 e. The molecule has 1 aliphatic heterocycles. The molecule has 1 aromatic heterocycles. The van der Waals surface area contributed by atoms with Crippen LogP contribution in [-0.2, 0) is 19.0 Å². The summed E-state index contributed by atoms with van der Waals surface area (Å²) in [6.07, 6.45) is -3.36. The summed E-state index contributed by atoms with van der Waals surface area (Å²) in [5, 5.41) is 11.7. The Morgan fingerprint density at radius 3 is 2.56 bits per heavy atom. The molecule has 1 amide bonds. The van der Waals surface area contributed by atoms with Crippen molar-refractivity contribution < 1.29 is 37.3 Å². The minimum absolute atomic E-state index is 0.0153. The fourth-order valence-corrected chi connectivity index (χ4v) is 7.55. The highest BCUT2D eigenvalue weighted by molar-refractivity contribution is 8.77. The zero-order chi connectivity index (χ0) is 33.8. The van der Waals surface area contributed by atoms with Gasteiger partial charge in [-0.3, -0.25) is 9.36 Å². The normalized spacial score (nSPS) is 19.0. The number of carbonyl (C=O) groups is 1. The van der Waals surface area contributed by atoms with Crippen LogP contribution in [0, 0.1) is 11.8 Å². The van der Waals surface area contributed by atoms with Crippen molar-refractivity contribution in [2.24, 2.45) is 4.99 Å². The Morgan fingerprint density at radius 2 is 1.93 bits per heavy atom.